The molecule has 1 amide bonds. The highest BCUT2D eigenvalue weighted by molar-refractivity contribution is 5.98. The van der Waals surface area contributed by atoms with E-state index in [0.717, 1.165) is 23.1 Å². The number of ether oxygens (including phenoxy) is 1. The van der Waals surface area contributed by atoms with E-state index in [1.165, 1.54) is 12.1 Å². The van der Waals surface area contributed by atoms with Crippen LogP contribution in [0.25, 0.3) is 10.9 Å². The Kier molecular flexibility index (Phi) is 3.92. The van der Waals surface area contributed by atoms with E-state index in [1.807, 2.05) is 41.9 Å². The van der Waals surface area contributed by atoms with Crippen LogP contribution in [0.2, 0.25) is 0 Å². The van der Waals surface area contributed by atoms with Crippen molar-refractivity contribution >= 4 is 16.8 Å². The van der Waals surface area contributed by atoms with Crippen LogP contribution < -0.4 is 4.74 Å². The fourth-order valence-corrected chi connectivity index (χ4v) is 3.39. The minimum atomic E-state index is -0.297. The van der Waals surface area contributed by atoms with Crippen LogP contribution in [-0.2, 0) is 7.05 Å². The fourth-order valence-electron chi connectivity index (χ4n) is 3.39. The third-order valence-corrected chi connectivity index (χ3v) is 4.70. The highest BCUT2D eigenvalue weighted by Crippen LogP contribution is 2.24. The molecule has 0 radical (unpaired) electrons. The first kappa shape index (κ1) is 15.7. The number of carbonyl (C=O) groups excluding carboxylic acids is 1. The number of halogens is 1. The van der Waals surface area contributed by atoms with Crippen LogP contribution in [0.5, 0.6) is 5.75 Å². The molecule has 4 nitrogen and oxygen atoms in total. The number of amides is 1. The zero-order valence-electron chi connectivity index (χ0n) is 14.0. The molecule has 1 atom stereocenters. The lowest BCUT2D eigenvalue weighted by molar-refractivity contribution is 0.0763. The zero-order chi connectivity index (χ0) is 17.4. The number of likely N-dealkylation sites (tertiary alicyclic amines) is 1. The maximum atomic E-state index is 13.4. The van der Waals surface area contributed by atoms with Gasteiger partial charge in [0.25, 0.3) is 5.91 Å². The van der Waals surface area contributed by atoms with Crippen molar-refractivity contribution in [1.82, 2.24) is 9.47 Å². The third-order valence-electron chi connectivity index (χ3n) is 4.70. The molecule has 0 unspecified atom stereocenters. The maximum absolute atomic E-state index is 13.4. The molecule has 1 aromatic heterocycles. The van der Waals surface area contributed by atoms with Gasteiger partial charge in [0.05, 0.1) is 6.54 Å². The standard InChI is InChI=1S/C20H19FN2O2/c1-22-18-8-7-15(21)11-14(18)12-19(22)20(24)23-10-9-17(13-23)25-16-5-3-2-4-6-16/h2-8,11-12,17H,9-10,13H2,1H3/t17-/m0/s1. The van der Waals surface area contributed by atoms with E-state index in [2.05, 4.69) is 0 Å². The van der Waals surface area contributed by atoms with Crippen molar-refractivity contribution in [2.24, 2.45) is 7.05 Å². The lowest BCUT2D eigenvalue weighted by Gasteiger charge is -2.17. The van der Waals surface area contributed by atoms with Crippen LogP contribution in [0.3, 0.4) is 0 Å². The van der Waals surface area contributed by atoms with Gasteiger partial charge in [0.15, 0.2) is 0 Å². The minimum absolute atomic E-state index is 0.00141. The molecular formula is C20H19FN2O2. The molecule has 2 heterocycles. The molecule has 4 rings (SSSR count). The van der Waals surface area contributed by atoms with E-state index in [-0.39, 0.29) is 17.8 Å². The van der Waals surface area contributed by atoms with Gasteiger partial charge in [0, 0.05) is 30.9 Å². The molecule has 1 fully saturated rings. The maximum Gasteiger partial charge on any atom is 0.270 e. The van der Waals surface area contributed by atoms with Crippen molar-refractivity contribution < 1.29 is 13.9 Å². The number of para-hydroxylation sites is 1. The molecule has 0 bridgehead atoms. The Hall–Kier alpha value is -2.82. The Balaban J connectivity index is 1.51. The second-order valence-electron chi connectivity index (χ2n) is 6.38. The van der Waals surface area contributed by atoms with E-state index in [4.69, 9.17) is 4.74 Å². The van der Waals surface area contributed by atoms with Crippen molar-refractivity contribution in [2.75, 3.05) is 13.1 Å². The van der Waals surface area contributed by atoms with Crippen LogP contribution in [-0.4, -0.2) is 34.6 Å². The number of fused-ring (bicyclic) bond motifs is 1. The van der Waals surface area contributed by atoms with Crippen LogP contribution in [0.15, 0.2) is 54.6 Å². The average Bonchev–Trinajstić information content (AvgIpc) is 3.20. The van der Waals surface area contributed by atoms with E-state index >= 15 is 0 Å². The second-order valence-corrected chi connectivity index (χ2v) is 6.38. The van der Waals surface area contributed by atoms with Crippen molar-refractivity contribution in [2.45, 2.75) is 12.5 Å². The SMILES string of the molecule is Cn1c(C(=O)N2CC[C@H](Oc3ccccc3)C2)cc2cc(F)ccc21. The molecule has 0 spiro atoms. The molecule has 0 aliphatic carbocycles. The first-order chi connectivity index (χ1) is 12.1. The van der Waals surface area contributed by atoms with Gasteiger partial charge in [-0.1, -0.05) is 18.2 Å². The highest BCUT2D eigenvalue weighted by Gasteiger charge is 2.29. The normalized spacial score (nSPS) is 17.2. The van der Waals surface area contributed by atoms with Gasteiger partial charge in [-0.3, -0.25) is 4.79 Å². The van der Waals surface area contributed by atoms with E-state index in [1.54, 1.807) is 17.0 Å². The number of aryl methyl sites for hydroxylation is 1. The summed E-state index contributed by atoms with van der Waals surface area (Å²) in [6.07, 6.45) is 0.803. The van der Waals surface area contributed by atoms with Gasteiger partial charge < -0.3 is 14.2 Å². The van der Waals surface area contributed by atoms with Crippen molar-refractivity contribution in [3.8, 4) is 5.75 Å². The second kappa shape index (κ2) is 6.24. The molecule has 1 aliphatic rings. The van der Waals surface area contributed by atoms with Crippen LogP contribution in [0.4, 0.5) is 4.39 Å². The summed E-state index contributed by atoms with van der Waals surface area (Å²) in [7, 11) is 1.83. The van der Waals surface area contributed by atoms with Crippen molar-refractivity contribution in [3.05, 3.63) is 66.1 Å². The first-order valence-electron chi connectivity index (χ1n) is 8.38. The number of aromatic nitrogens is 1. The van der Waals surface area contributed by atoms with Crippen molar-refractivity contribution in [1.29, 1.82) is 0 Å². The molecule has 1 saturated heterocycles. The predicted molar refractivity (Wildman–Crippen MR) is 94.3 cm³/mol. The molecule has 25 heavy (non-hydrogen) atoms. The van der Waals surface area contributed by atoms with Crippen LogP contribution in [0.1, 0.15) is 16.9 Å². The predicted octanol–water partition coefficient (Wildman–Crippen LogP) is 3.61. The van der Waals surface area contributed by atoms with Gasteiger partial charge in [0.1, 0.15) is 23.4 Å². The Bertz CT molecular complexity index is 920. The highest BCUT2D eigenvalue weighted by atomic mass is 19.1. The monoisotopic (exact) mass is 338 g/mol. The summed E-state index contributed by atoms with van der Waals surface area (Å²) in [5, 5.41) is 0.738. The average molecular weight is 338 g/mol. The van der Waals surface area contributed by atoms with E-state index in [0.29, 0.717) is 18.8 Å². The molecule has 0 saturated carbocycles. The van der Waals surface area contributed by atoms with Gasteiger partial charge in [0.2, 0.25) is 0 Å². The Labute approximate surface area is 145 Å². The summed E-state index contributed by atoms with van der Waals surface area (Å²) < 4.78 is 21.2. The summed E-state index contributed by atoms with van der Waals surface area (Å²) >= 11 is 0. The molecule has 2 aromatic carbocycles. The topological polar surface area (TPSA) is 34.5 Å². The Morgan fingerprint density at radius 1 is 1.16 bits per heavy atom. The number of rotatable bonds is 3. The molecule has 3 aromatic rings. The number of benzene rings is 2. The summed E-state index contributed by atoms with van der Waals surface area (Å²) in [5.74, 6) is 0.481. The summed E-state index contributed by atoms with van der Waals surface area (Å²) in [6.45, 7) is 1.22. The van der Waals surface area contributed by atoms with Gasteiger partial charge in [-0.25, -0.2) is 4.39 Å². The van der Waals surface area contributed by atoms with Gasteiger partial charge in [-0.2, -0.15) is 0 Å². The Morgan fingerprint density at radius 3 is 2.76 bits per heavy atom. The van der Waals surface area contributed by atoms with Gasteiger partial charge in [-0.05, 0) is 36.4 Å². The number of hydrogen-bond acceptors (Lipinski definition) is 2. The number of nitrogens with zero attached hydrogens (tertiary/aromatic N) is 2. The van der Waals surface area contributed by atoms with E-state index < -0.39 is 0 Å². The lowest BCUT2D eigenvalue weighted by Crippen LogP contribution is -2.32. The molecular weight excluding hydrogens is 319 g/mol. The minimum Gasteiger partial charge on any atom is -0.489 e. The van der Waals surface area contributed by atoms with Crippen LogP contribution in [0, 0.1) is 5.82 Å². The van der Waals surface area contributed by atoms with E-state index in [9.17, 15) is 9.18 Å². The smallest absolute Gasteiger partial charge is 0.270 e. The van der Waals surface area contributed by atoms with Gasteiger partial charge in [-0.15, -0.1) is 0 Å². The quantitative estimate of drug-likeness (QED) is 0.731. The summed E-state index contributed by atoms with van der Waals surface area (Å²) in [6, 6.07) is 16.0. The zero-order valence-corrected chi connectivity index (χ0v) is 14.0. The molecule has 128 valence electrons. The molecule has 0 N–H and O–H groups in total. The number of hydrogen-bond donors (Lipinski definition) is 0. The lowest BCUT2D eigenvalue weighted by atomic mass is 10.2. The third kappa shape index (κ3) is 2.97. The number of carbonyl (C=O) groups is 1. The molecule has 5 heteroatoms. The van der Waals surface area contributed by atoms with Gasteiger partial charge >= 0.3 is 0 Å². The Morgan fingerprint density at radius 2 is 1.96 bits per heavy atom. The largest absolute Gasteiger partial charge is 0.489 e. The molecule has 1 aliphatic heterocycles. The van der Waals surface area contributed by atoms with Crippen molar-refractivity contribution in [3.63, 3.8) is 0 Å². The summed E-state index contributed by atoms with van der Waals surface area (Å²) in [4.78, 5) is 14.7. The fraction of sp³-hybridized carbons (Fsp3) is 0.250. The van der Waals surface area contributed by atoms with Crippen LogP contribution >= 0.6 is 0 Å². The summed E-state index contributed by atoms with van der Waals surface area (Å²) in [5.41, 5.74) is 1.42. The first-order valence-corrected chi connectivity index (χ1v) is 8.38.